The van der Waals surface area contributed by atoms with Crippen LogP contribution in [0, 0.1) is 17.8 Å². The van der Waals surface area contributed by atoms with Crippen molar-refractivity contribution < 1.29 is 22.3 Å². The minimum atomic E-state index is -3.13. The summed E-state index contributed by atoms with van der Waals surface area (Å²) in [5.74, 6) is -5.31. The van der Waals surface area contributed by atoms with Gasteiger partial charge in [0.15, 0.2) is 12.4 Å². The molecule has 234 valence electrons. The first-order valence-corrected chi connectivity index (χ1v) is 15.4. The fourth-order valence-electron chi connectivity index (χ4n) is 7.21. The third-order valence-corrected chi connectivity index (χ3v) is 10.1. The Morgan fingerprint density at radius 2 is 1.95 bits per heavy atom. The number of aromatic nitrogens is 3. The van der Waals surface area contributed by atoms with Crippen molar-refractivity contribution in [1.29, 1.82) is 0 Å². The molecule has 3 aromatic rings. The Hall–Kier alpha value is -3.32. The first kappa shape index (κ1) is 28.2. The second kappa shape index (κ2) is 9.84. The van der Waals surface area contributed by atoms with Gasteiger partial charge in [0, 0.05) is 62.7 Å². The zero-order valence-electron chi connectivity index (χ0n) is 24.0. The number of hydrogen-bond donors (Lipinski definition) is 2. The zero-order valence-corrected chi connectivity index (χ0v) is 24.8. The molecule has 2 saturated carbocycles. The molecule has 8 rings (SSSR count). The van der Waals surface area contributed by atoms with Crippen LogP contribution in [0.25, 0.3) is 10.9 Å². The Morgan fingerprint density at radius 1 is 1.16 bits per heavy atom. The quantitative estimate of drug-likeness (QED) is 0.363. The van der Waals surface area contributed by atoms with Crippen molar-refractivity contribution in [3.8, 4) is 5.75 Å². The lowest BCUT2D eigenvalue weighted by Gasteiger charge is -2.33. The molecule has 44 heavy (non-hydrogen) atoms. The maximum absolute atomic E-state index is 15.0. The van der Waals surface area contributed by atoms with Gasteiger partial charge in [-0.1, -0.05) is 11.6 Å². The lowest BCUT2D eigenvalue weighted by molar-refractivity contribution is -0.0579. The van der Waals surface area contributed by atoms with Crippen LogP contribution >= 0.6 is 11.6 Å². The van der Waals surface area contributed by atoms with E-state index < -0.39 is 36.0 Å². The number of nitrogens with one attached hydrogen (secondary N) is 2. The number of pyridine rings is 1. The number of likely N-dealkylation sites (tertiary alicyclic amines) is 1. The highest BCUT2D eigenvalue weighted by Crippen LogP contribution is 2.50. The Labute approximate surface area is 255 Å². The maximum atomic E-state index is 15.0. The van der Waals surface area contributed by atoms with Crippen LogP contribution in [0.3, 0.4) is 0 Å². The van der Waals surface area contributed by atoms with E-state index in [1.807, 2.05) is 0 Å². The standard InChI is InChI=1S/C30H32ClF4N7O2/c1-40-22-5-4-18(7-20(22)23-24(27(40)43)44-14-30(34,35)25(38-23)16-2-3-16)37-26-21(31)9-36-28(39-26)42-11-15-6-19(13-42)41(10-15)12-17-8-29(17,32)33/h4-5,7,9,15-17,19,25,38H,2-3,6,8,10-14H2,1H3,(H,36,37,39)/t15?,17?,19?,25-/m0/s1. The number of piperidine rings is 1. The molecule has 1 aromatic carbocycles. The third kappa shape index (κ3) is 4.83. The van der Waals surface area contributed by atoms with Gasteiger partial charge in [-0.15, -0.1) is 0 Å². The predicted molar refractivity (Wildman–Crippen MR) is 159 cm³/mol. The SMILES string of the molecule is Cn1c(=O)c2c(c3cc(Nc4nc(N5CC6CC(C5)N(CC5CC5(F)F)C6)ncc4Cl)ccc31)N[C@@H](C1CC1)C(F)(F)CO2. The van der Waals surface area contributed by atoms with Gasteiger partial charge in [-0.2, -0.15) is 4.98 Å². The summed E-state index contributed by atoms with van der Waals surface area (Å²) in [6, 6.07) is 4.31. The van der Waals surface area contributed by atoms with Crippen molar-refractivity contribution in [2.75, 3.05) is 48.3 Å². The van der Waals surface area contributed by atoms with E-state index >= 15 is 8.78 Å². The van der Waals surface area contributed by atoms with Crippen LogP contribution in [-0.2, 0) is 7.05 Å². The second-order valence-corrected chi connectivity index (χ2v) is 13.5. The number of benzene rings is 1. The highest BCUT2D eigenvalue weighted by atomic mass is 35.5. The summed E-state index contributed by atoms with van der Waals surface area (Å²) in [5.41, 5.74) is 0.909. The van der Waals surface area contributed by atoms with E-state index in [1.165, 1.54) is 10.8 Å². The molecule has 0 amide bonds. The van der Waals surface area contributed by atoms with Crippen molar-refractivity contribution in [3.05, 3.63) is 39.8 Å². The summed E-state index contributed by atoms with van der Waals surface area (Å²) in [5, 5.41) is 7.08. The molecule has 3 unspecified atom stereocenters. The van der Waals surface area contributed by atoms with Gasteiger partial charge in [0.1, 0.15) is 5.02 Å². The minimum Gasteiger partial charge on any atom is -0.480 e. The number of aryl methyl sites for hydroxylation is 1. The van der Waals surface area contributed by atoms with Crippen LogP contribution in [0.2, 0.25) is 5.02 Å². The number of halogens is 5. The van der Waals surface area contributed by atoms with E-state index in [0.29, 0.717) is 65.2 Å². The normalized spacial score (nSPS) is 28.6. The molecule has 2 saturated heterocycles. The van der Waals surface area contributed by atoms with Gasteiger partial charge in [-0.3, -0.25) is 9.69 Å². The lowest BCUT2D eigenvalue weighted by atomic mass is 10.0. The molecule has 0 spiro atoms. The van der Waals surface area contributed by atoms with Crippen LogP contribution in [0.1, 0.15) is 25.7 Å². The molecule has 3 aliphatic heterocycles. The Morgan fingerprint density at radius 3 is 2.70 bits per heavy atom. The van der Waals surface area contributed by atoms with Crippen LogP contribution < -0.4 is 25.8 Å². The summed E-state index contributed by atoms with van der Waals surface area (Å²) in [6.45, 7) is 1.72. The van der Waals surface area contributed by atoms with Gasteiger partial charge in [-0.25, -0.2) is 22.5 Å². The van der Waals surface area contributed by atoms with E-state index in [1.54, 1.807) is 25.2 Å². The molecule has 2 N–H and O–H groups in total. The molecule has 2 aliphatic carbocycles. The molecule has 14 heteroatoms. The van der Waals surface area contributed by atoms with Crippen LogP contribution in [0.15, 0.2) is 29.2 Å². The van der Waals surface area contributed by atoms with Gasteiger partial charge in [-0.05, 0) is 49.3 Å². The van der Waals surface area contributed by atoms with Gasteiger partial charge in [0.2, 0.25) is 11.7 Å². The third-order valence-electron chi connectivity index (χ3n) is 9.82. The van der Waals surface area contributed by atoms with Crippen LogP contribution in [0.5, 0.6) is 5.75 Å². The highest BCUT2D eigenvalue weighted by molar-refractivity contribution is 6.33. The number of fused-ring (bicyclic) bond motifs is 5. The summed E-state index contributed by atoms with van der Waals surface area (Å²) < 4.78 is 64.0. The summed E-state index contributed by atoms with van der Waals surface area (Å²) in [7, 11) is 1.58. The molecule has 2 bridgehead atoms. The molecular formula is C30H32ClF4N7O2. The average molecular weight is 634 g/mol. The van der Waals surface area contributed by atoms with E-state index in [9.17, 15) is 13.6 Å². The Kier molecular flexibility index (Phi) is 6.30. The summed E-state index contributed by atoms with van der Waals surface area (Å²) in [4.78, 5) is 26.6. The number of nitrogens with zero attached hydrogens (tertiary/aromatic N) is 5. The highest BCUT2D eigenvalue weighted by Gasteiger charge is 2.58. The fourth-order valence-corrected chi connectivity index (χ4v) is 7.35. The van der Waals surface area contributed by atoms with E-state index in [2.05, 4.69) is 25.4 Å². The Bertz CT molecular complexity index is 1720. The number of rotatable bonds is 6. The largest absolute Gasteiger partial charge is 0.480 e. The molecular weight excluding hydrogens is 602 g/mol. The van der Waals surface area contributed by atoms with Crippen LogP contribution in [-0.4, -0.2) is 76.1 Å². The van der Waals surface area contributed by atoms with Crippen molar-refractivity contribution in [2.45, 2.75) is 49.6 Å². The van der Waals surface area contributed by atoms with Crippen molar-refractivity contribution in [2.24, 2.45) is 24.8 Å². The predicted octanol–water partition coefficient (Wildman–Crippen LogP) is 5.11. The first-order chi connectivity index (χ1) is 21.0. The van der Waals surface area contributed by atoms with Gasteiger partial charge in [0.25, 0.3) is 11.5 Å². The molecule has 9 nitrogen and oxygen atoms in total. The van der Waals surface area contributed by atoms with E-state index in [0.717, 1.165) is 19.5 Å². The summed E-state index contributed by atoms with van der Waals surface area (Å²) in [6.07, 6.45) is 3.87. The molecule has 0 radical (unpaired) electrons. The number of alkyl halides is 4. The smallest absolute Gasteiger partial charge is 0.301 e. The van der Waals surface area contributed by atoms with Crippen molar-refractivity contribution in [1.82, 2.24) is 19.4 Å². The first-order valence-electron chi connectivity index (χ1n) is 15.1. The minimum absolute atomic E-state index is 0.0233. The van der Waals surface area contributed by atoms with Crippen LogP contribution in [0.4, 0.5) is 40.7 Å². The summed E-state index contributed by atoms with van der Waals surface area (Å²) >= 11 is 6.52. The average Bonchev–Trinajstić information content (AvgIpc) is 3.90. The molecule has 5 aliphatic rings. The van der Waals surface area contributed by atoms with E-state index in [4.69, 9.17) is 21.3 Å². The number of ether oxygens (including phenoxy) is 1. The second-order valence-electron chi connectivity index (χ2n) is 13.1. The molecule has 5 heterocycles. The van der Waals surface area contributed by atoms with Gasteiger partial charge >= 0.3 is 5.92 Å². The zero-order chi connectivity index (χ0) is 30.5. The van der Waals surface area contributed by atoms with Gasteiger partial charge in [0.05, 0.1) is 23.4 Å². The maximum Gasteiger partial charge on any atom is 0.301 e. The molecule has 4 fully saturated rings. The molecule has 4 atom stereocenters. The topological polar surface area (TPSA) is 87.6 Å². The lowest BCUT2D eigenvalue weighted by Crippen LogP contribution is -2.44. The Balaban J connectivity index is 1.07. The van der Waals surface area contributed by atoms with Gasteiger partial charge < -0.3 is 24.8 Å². The van der Waals surface area contributed by atoms with E-state index in [-0.39, 0.29) is 29.8 Å². The van der Waals surface area contributed by atoms with Crippen molar-refractivity contribution in [3.63, 3.8) is 0 Å². The number of anilines is 4. The fraction of sp³-hybridized carbons (Fsp3) is 0.567. The number of hydrogen-bond acceptors (Lipinski definition) is 8. The monoisotopic (exact) mass is 633 g/mol. The molecule has 2 aromatic heterocycles. The van der Waals surface area contributed by atoms with Crippen molar-refractivity contribution >= 4 is 45.6 Å².